The monoisotopic (exact) mass is 240 g/mol. The molecule has 0 bridgehead atoms. The van der Waals surface area contributed by atoms with Gasteiger partial charge < -0.3 is 10.6 Å². The number of nitrogens with zero attached hydrogens (tertiary/aromatic N) is 2. The number of aromatic nitrogens is 2. The molecule has 0 fully saturated rings. The maximum atomic E-state index is 12.0. The van der Waals surface area contributed by atoms with Gasteiger partial charge in [-0.25, -0.2) is 9.97 Å². The molecule has 3 heterocycles. The van der Waals surface area contributed by atoms with Gasteiger partial charge >= 0.3 is 0 Å². The fourth-order valence-corrected chi connectivity index (χ4v) is 1.74. The van der Waals surface area contributed by atoms with Crippen molar-refractivity contribution in [2.75, 3.05) is 10.6 Å². The minimum Gasteiger partial charge on any atom is -0.318 e. The van der Waals surface area contributed by atoms with Gasteiger partial charge in [0.05, 0.1) is 11.4 Å². The van der Waals surface area contributed by atoms with Crippen LogP contribution in [0.4, 0.5) is 11.4 Å². The maximum Gasteiger partial charge on any atom is 0.276 e. The van der Waals surface area contributed by atoms with Crippen molar-refractivity contribution in [3.8, 4) is 0 Å². The van der Waals surface area contributed by atoms with E-state index in [0.717, 1.165) is 0 Å². The van der Waals surface area contributed by atoms with Gasteiger partial charge in [-0.1, -0.05) is 0 Å². The number of amides is 2. The van der Waals surface area contributed by atoms with Crippen LogP contribution < -0.4 is 10.6 Å². The zero-order valence-corrected chi connectivity index (χ0v) is 9.18. The van der Waals surface area contributed by atoms with E-state index in [4.69, 9.17) is 0 Å². The zero-order valence-electron chi connectivity index (χ0n) is 9.18. The number of hydrogen-bond acceptors (Lipinski definition) is 4. The third-order valence-corrected chi connectivity index (χ3v) is 2.54. The highest BCUT2D eigenvalue weighted by Gasteiger charge is 2.23. The lowest BCUT2D eigenvalue weighted by molar-refractivity contribution is 0.101. The van der Waals surface area contributed by atoms with Crippen LogP contribution in [0, 0.1) is 0 Å². The van der Waals surface area contributed by atoms with Crippen LogP contribution in [0.2, 0.25) is 0 Å². The Labute approximate surface area is 102 Å². The minimum absolute atomic E-state index is 0.181. The predicted molar refractivity (Wildman–Crippen MR) is 64.4 cm³/mol. The highest BCUT2D eigenvalue weighted by Crippen LogP contribution is 2.21. The van der Waals surface area contributed by atoms with Crippen molar-refractivity contribution in [3.63, 3.8) is 0 Å². The Balaban J connectivity index is 2.15. The smallest absolute Gasteiger partial charge is 0.276 e. The van der Waals surface area contributed by atoms with Gasteiger partial charge in [-0.2, -0.15) is 0 Å². The predicted octanol–water partition coefficient (Wildman–Crippen LogP) is 1.29. The second-order valence-electron chi connectivity index (χ2n) is 3.71. The number of carbonyl (C=O) groups is 2. The van der Waals surface area contributed by atoms with Crippen LogP contribution in [0.25, 0.3) is 0 Å². The van der Waals surface area contributed by atoms with E-state index in [2.05, 4.69) is 20.6 Å². The molecular weight excluding hydrogens is 232 g/mol. The van der Waals surface area contributed by atoms with E-state index in [-0.39, 0.29) is 23.2 Å². The van der Waals surface area contributed by atoms with E-state index in [1.165, 1.54) is 12.4 Å². The van der Waals surface area contributed by atoms with Crippen LogP contribution in [-0.2, 0) is 0 Å². The van der Waals surface area contributed by atoms with Gasteiger partial charge in [0.15, 0.2) is 11.4 Å². The normalized spacial score (nSPS) is 13.6. The molecule has 0 saturated carbocycles. The Bertz CT molecular complexity index is 597. The first-order valence-electron chi connectivity index (χ1n) is 5.28. The number of rotatable bonds is 0. The van der Waals surface area contributed by atoms with Gasteiger partial charge in [0.1, 0.15) is 0 Å². The summed E-state index contributed by atoms with van der Waals surface area (Å²) in [7, 11) is 0. The minimum atomic E-state index is -0.375. The zero-order chi connectivity index (χ0) is 12.5. The number of carbonyl (C=O) groups excluding carboxylic acids is 2. The summed E-state index contributed by atoms with van der Waals surface area (Å²) < 4.78 is 0. The molecule has 2 aromatic rings. The fraction of sp³-hybridized carbons (Fsp3) is 0. The Morgan fingerprint density at radius 3 is 1.67 bits per heavy atom. The molecule has 6 nitrogen and oxygen atoms in total. The summed E-state index contributed by atoms with van der Waals surface area (Å²) in [6.45, 7) is 0. The number of pyridine rings is 2. The van der Waals surface area contributed by atoms with Gasteiger partial charge in [-0.05, 0) is 24.3 Å². The van der Waals surface area contributed by atoms with Gasteiger partial charge in [-0.15, -0.1) is 0 Å². The van der Waals surface area contributed by atoms with Crippen molar-refractivity contribution in [2.45, 2.75) is 0 Å². The average Bonchev–Trinajstić information content (AvgIpc) is 2.38. The van der Waals surface area contributed by atoms with Crippen molar-refractivity contribution < 1.29 is 9.59 Å². The average molecular weight is 240 g/mol. The molecule has 0 radical (unpaired) electrons. The summed E-state index contributed by atoms with van der Waals surface area (Å²) in [5.74, 6) is -0.750. The molecule has 0 spiro atoms. The van der Waals surface area contributed by atoms with E-state index < -0.39 is 0 Å². The van der Waals surface area contributed by atoms with Crippen LogP contribution in [0.15, 0.2) is 36.7 Å². The molecule has 3 rings (SSSR count). The van der Waals surface area contributed by atoms with Crippen molar-refractivity contribution >= 4 is 23.2 Å². The third kappa shape index (κ3) is 1.60. The molecule has 88 valence electrons. The Morgan fingerprint density at radius 1 is 0.778 bits per heavy atom. The second-order valence-corrected chi connectivity index (χ2v) is 3.71. The van der Waals surface area contributed by atoms with E-state index in [9.17, 15) is 9.59 Å². The van der Waals surface area contributed by atoms with Crippen molar-refractivity contribution in [1.29, 1.82) is 0 Å². The molecule has 0 atom stereocenters. The maximum absolute atomic E-state index is 12.0. The lowest BCUT2D eigenvalue weighted by Gasteiger charge is -2.15. The van der Waals surface area contributed by atoms with E-state index in [0.29, 0.717) is 11.4 Å². The highest BCUT2D eigenvalue weighted by atomic mass is 16.2. The molecule has 0 saturated heterocycles. The van der Waals surface area contributed by atoms with Crippen molar-refractivity contribution in [3.05, 3.63) is 48.0 Å². The molecule has 1 aliphatic rings. The quantitative estimate of drug-likeness (QED) is 0.726. The molecule has 6 heteroatoms. The van der Waals surface area contributed by atoms with Crippen LogP contribution in [-0.4, -0.2) is 21.8 Å². The molecule has 2 aromatic heterocycles. The standard InChI is InChI=1S/C12H8N4O2/c17-11-9-7(3-1-5-13-9)15-12(18)10-8(16-11)4-2-6-14-10/h1-6H,(H,15,18)(H,16,17). The van der Waals surface area contributed by atoms with E-state index in [1.807, 2.05) is 0 Å². The van der Waals surface area contributed by atoms with Gasteiger partial charge in [0, 0.05) is 12.4 Å². The summed E-state index contributed by atoms with van der Waals surface area (Å²) in [6.07, 6.45) is 2.99. The Morgan fingerprint density at radius 2 is 1.22 bits per heavy atom. The highest BCUT2D eigenvalue weighted by molar-refractivity contribution is 6.16. The molecule has 1 aliphatic heterocycles. The van der Waals surface area contributed by atoms with Gasteiger partial charge in [0.25, 0.3) is 11.8 Å². The lowest BCUT2D eigenvalue weighted by atomic mass is 10.2. The lowest BCUT2D eigenvalue weighted by Crippen LogP contribution is -2.25. The molecule has 0 aromatic carbocycles. The van der Waals surface area contributed by atoms with Crippen LogP contribution >= 0.6 is 0 Å². The number of hydrogen-bond donors (Lipinski definition) is 2. The number of fused-ring (bicyclic) bond motifs is 2. The van der Waals surface area contributed by atoms with Crippen molar-refractivity contribution in [2.24, 2.45) is 0 Å². The topological polar surface area (TPSA) is 84.0 Å². The molecule has 18 heavy (non-hydrogen) atoms. The van der Waals surface area contributed by atoms with Gasteiger partial charge in [-0.3, -0.25) is 9.59 Å². The molecule has 2 N–H and O–H groups in total. The SMILES string of the molecule is O=C1Nc2cccnc2C(=O)Nc2cccnc21. The summed E-state index contributed by atoms with van der Waals surface area (Å²) in [5.41, 5.74) is 1.10. The second kappa shape index (κ2) is 3.92. The third-order valence-electron chi connectivity index (χ3n) is 2.54. The molecule has 2 amide bonds. The Hall–Kier alpha value is -2.76. The van der Waals surface area contributed by atoms with Gasteiger partial charge in [0.2, 0.25) is 0 Å². The number of anilines is 2. The largest absolute Gasteiger partial charge is 0.318 e. The summed E-state index contributed by atoms with van der Waals surface area (Å²) in [6, 6.07) is 6.53. The molecular formula is C12H8N4O2. The first-order valence-corrected chi connectivity index (χ1v) is 5.28. The first-order chi connectivity index (χ1) is 8.75. The van der Waals surface area contributed by atoms with Crippen LogP contribution in [0.5, 0.6) is 0 Å². The Kier molecular flexibility index (Phi) is 2.26. The van der Waals surface area contributed by atoms with Crippen molar-refractivity contribution in [1.82, 2.24) is 9.97 Å². The summed E-state index contributed by atoms with van der Waals surface area (Å²) in [4.78, 5) is 31.9. The van der Waals surface area contributed by atoms with Crippen LogP contribution in [0.1, 0.15) is 21.0 Å². The fourth-order valence-electron chi connectivity index (χ4n) is 1.74. The van der Waals surface area contributed by atoms with E-state index in [1.54, 1.807) is 24.3 Å². The summed E-state index contributed by atoms with van der Waals surface area (Å²) in [5, 5.41) is 5.25. The number of nitrogens with one attached hydrogen (secondary N) is 2. The summed E-state index contributed by atoms with van der Waals surface area (Å²) >= 11 is 0. The van der Waals surface area contributed by atoms with Crippen LogP contribution in [0.3, 0.4) is 0 Å². The molecule has 0 unspecified atom stereocenters. The van der Waals surface area contributed by atoms with E-state index >= 15 is 0 Å². The first kappa shape index (κ1) is 10.4. The molecule has 0 aliphatic carbocycles.